The van der Waals surface area contributed by atoms with E-state index in [-0.39, 0.29) is 37.5 Å². The summed E-state index contributed by atoms with van der Waals surface area (Å²) >= 11 is 0. The Balaban J connectivity index is 1.53. The first kappa shape index (κ1) is 30.6. The lowest BCUT2D eigenvalue weighted by Gasteiger charge is -2.51. The van der Waals surface area contributed by atoms with Crippen LogP contribution >= 0.6 is 0 Å². The Morgan fingerprint density at radius 3 is 1.80 bits per heavy atom. The first-order valence-electron chi connectivity index (χ1n) is 14.2. The minimum atomic E-state index is -3.65. The topological polar surface area (TPSA) is 85.3 Å². The van der Waals surface area contributed by atoms with Crippen LogP contribution in [-0.2, 0) is 27.8 Å². The summed E-state index contributed by atoms with van der Waals surface area (Å²) in [5, 5.41) is 9.17. The number of sulfonamides is 1. The Kier molecular flexibility index (Phi) is 9.66. The van der Waals surface area contributed by atoms with Crippen molar-refractivity contribution in [3.63, 3.8) is 0 Å². The Labute approximate surface area is 240 Å². The summed E-state index contributed by atoms with van der Waals surface area (Å²) in [6.07, 6.45) is 5.12. The molecule has 2 aliphatic rings. The third-order valence-corrected chi connectivity index (χ3v) is 11.9. The first-order chi connectivity index (χ1) is 19.1. The lowest BCUT2D eigenvalue weighted by molar-refractivity contribution is -0.0898. The van der Waals surface area contributed by atoms with Crippen molar-refractivity contribution in [2.24, 2.45) is 23.7 Å². The van der Waals surface area contributed by atoms with E-state index in [9.17, 15) is 13.5 Å². The van der Waals surface area contributed by atoms with Gasteiger partial charge in [0.15, 0.2) is 0 Å². The Hall–Kier alpha value is -2.39. The monoisotopic (exact) mass is 571 g/mol. The van der Waals surface area contributed by atoms with Crippen LogP contribution < -0.4 is 9.47 Å². The average molecular weight is 572 g/mol. The molecule has 40 heavy (non-hydrogen) atoms. The highest BCUT2D eigenvalue weighted by Crippen LogP contribution is 2.51. The summed E-state index contributed by atoms with van der Waals surface area (Å²) in [5.74, 6) is 2.13. The number of methoxy groups -OCH3 is 3. The molecule has 1 fully saturated rings. The van der Waals surface area contributed by atoms with E-state index in [1.165, 1.54) is 5.57 Å². The molecule has 6 atom stereocenters. The van der Waals surface area contributed by atoms with E-state index >= 15 is 0 Å². The molecule has 0 spiro atoms. The molecule has 2 aromatic carbocycles. The van der Waals surface area contributed by atoms with Gasteiger partial charge in [0.25, 0.3) is 0 Å². The summed E-state index contributed by atoms with van der Waals surface area (Å²) in [4.78, 5) is 0. The number of nitrogens with zero attached hydrogens (tertiary/aromatic N) is 1. The maximum absolute atomic E-state index is 14.2. The second-order valence-corrected chi connectivity index (χ2v) is 13.9. The molecule has 0 amide bonds. The maximum Gasteiger partial charge on any atom is 0.217 e. The minimum Gasteiger partial charge on any atom is -0.497 e. The van der Waals surface area contributed by atoms with Gasteiger partial charge in [0.05, 0.1) is 25.1 Å². The van der Waals surface area contributed by atoms with Crippen molar-refractivity contribution in [3.8, 4) is 11.5 Å². The minimum absolute atomic E-state index is 0.0703. The van der Waals surface area contributed by atoms with Gasteiger partial charge in [-0.3, -0.25) is 0 Å². The Bertz CT molecular complexity index is 1210. The van der Waals surface area contributed by atoms with E-state index in [2.05, 4.69) is 13.0 Å². The van der Waals surface area contributed by atoms with Crippen molar-refractivity contribution in [1.29, 1.82) is 0 Å². The van der Waals surface area contributed by atoms with Gasteiger partial charge in [0, 0.05) is 26.8 Å². The number of aliphatic hydroxyl groups is 1. The number of aliphatic hydroxyl groups excluding tert-OH is 1. The summed E-state index contributed by atoms with van der Waals surface area (Å²) < 4.78 is 46.5. The molecule has 1 N–H and O–H groups in total. The molecular weight excluding hydrogens is 526 g/mol. The lowest BCUT2D eigenvalue weighted by atomic mass is 9.59. The average Bonchev–Trinajstić information content (AvgIpc) is 2.91. The Morgan fingerprint density at radius 2 is 1.43 bits per heavy atom. The van der Waals surface area contributed by atoms with Crippen LogP contribution in [0.5, 0.6) is 11.5 Å². The van der Waals surface area contributed by atoms with Crippen LogP contribution in [0, 0.1) is 23.7 Å². The van der Waals surface area contributed by atoms with E-state index < -0.39 is 20.9 Å². The molecule has 4 rings (SSSR count). The van der Waals surface area contributed by atoms with Crippen molar-refractivity contribution < 1.29 is 27.7 Å². The van der Waals surface area contributed by atoms with Crippen molar-refractivity contribution in [2.75, 3.05) is 27.9 Å². The molecule has 7 nitrogen and oxygen atoms in total. The van der Waals surface area contributed by atoms with Gasteiger partial charge in [-0.2, -0.15) is 4.31 Å². The van der Waals surface area contributed by atoms with Gasteiger partial charge < -0.3 is 19.3 Å². The van der Waals surface area contributed by atoms with Gasteiger partial charge in [-0.05, 0) is 97.7 Å². The van der Waals surface area contributed by atoms with Crippen LogP contribution in [0.1, 0.15) is 51.2 Å². The van der Waals surface area contributed by atoms with Gasteiger partial charge >= 0.3 is 0 Å². The highest BCUT2D eigenvalue weighted by molar-refractivity contribution is 7.89. The summed E-state index contributed by atoms with van der Waals surface area (Å²) in [7, 11) is 1.32. The molecule has 2 aromatic rings. The zero-order chi connectivity index (χ0) is 29.1. The zero-order valence-corrected chi connectivity index (χ0v) is 25.5. The number of ether oxygens (including phenoxy) is 3. The summed E-state index contributed by atoms with van der Waals surface area (Å²) in [6, 6.07) is 15.1. The van der Waals surface area contributed by atoms with E-state index in [0.29, 0.717) is 5.92 Å². The SMILES string of the molecule is COc1ccc(CN(Cc2ccc(OC)cc2)S(=O)(=O)[C@H](C)[C@@H](C)[C@H]2C=C([C@](C)(OC)[C@@H]3CC[C@H]3CO)C2)cc1. The normalized spacial score (nSPS) is 23.8. The second kappa shape index (κ2) is 12.6. The second-order valence-electron chi connectivity index (χ2n) is 11.6. The molecule has 220 valence electrons. The number of hydrogen-bond donors (Lipinski definition) is 1. The van der Waals surface area contributed by atoms with Crippen LogP contribution in [0.4, 0.5) is 0 Å². The van der Waals surface area contributed by atoms with Crippen LogP contribution in [0.2, 0.25) is 0 Å². The van der Waals surface area contributed by atoms with Crippen LogP contribution in [0.15, 0.2) is 60.2 Å². The summed E-state index contributed by atoms with van der Waals surface area (Å²) in [6.45, 7) is 6.73. The molecule has 0 aliphatic heterocycles. The molecular formula is C32H45NO6S. The van der Waals surface area contributed by atoms with E-state index in [1.807, 2.05) is 62.4 Å². The maximum atomic E-state index is 14.2. The van der Waals surface area contributed by atoms with E-state index in [1.54, 1.807) is 25.6 Å². The molecule has 1 saturated carbocycles. The highest BCUT2D eigenvalue weighted by atomic mass is 32.2. The van der Waals surface area contributed by atoms with Gasteiger partial charge in [0.1, 0.15) is 11.5 Å². The smallest absolute Gasteiger partial charge is 0.217 e. The summed E-state index contributed by atoms with van der Waals surface area (Å²) in [5.41, 5.74) is 2.63. The lowest BCUT2D eigenvalue weighted by Crippen LogP contribution is -2.51. The standard InChI is InChI=1S/C32H45NO6S/c1-22(27-17-28(18-27)32(3,39-6)31-16-11-26(31)21-34)23(2)40(35,36)33(19-24-7-12-29(37-4)13-8-24)20-25-9-14-30(38-5)15-10-25/h7-10,12-15,17,22-23,26-27,31,34H,11,16,18-21H2,1-6H3/t22-,23-,26+,27+,31-,32+/m1/s1. The number of hydrogen-bond acceptors (Lipinski definition) is 6. The van der Waals surface area contributed by atoms with Gasteiger partial charge in [0.2, 0.25) is 10.0 Å². The molecule has 8 heteroatoms. The first-order valence-corrected chi connectivity index (χ1v) is 15.7. The fourth-order valence-electron chi connectivity index (χ4n) is 6.18. The largest absolute Gasteiger partial charge is 0.497 e. The highest BCUT2D eigenvalue weighted by Gasteiger charge is 2.50. The molecule has 2 aliphatic carbocycles. The Morgan fingerprint density at radius 1 is 0.925 bits per heavy atom. The van der Waals surface area contributed by atoms with Crippen LogP contribution in [-0.4, -0.2) is 56.6 Å². The zero-order valence-electron chi connectivity index (χ0n) is 24.7. The quantitative estimate of drug-likeness (QED) is 0.305. The fourth-order valence-corrected chi connectivity index (χ4v) is 8.05. The third kappa shape index (κ3) is 6.10. The van der Waals surface area contributed by atoms with Crippen molar-refractivity contribution in [1.82, 2.24) is 4.31 Å². The number of benzene rings is 2. The molecule has 0 saturated heterocycles. The predicted octanol–water partition coefficient (Wildman–Crippen LogP) is 5.43. The van der Waals surface area contributed by atoms with Gasteiger partial charge in [-0.15, -0.1) is 0 Å². The third-order valence-electron chi connectivity index (χ3n) is 9.57. The predicted molar refractivity (Wildman–Crippen MR) is 158 cm³/mol. The molecule has 0 radical (unpaired) electrons. The van der Waals surface area contributed by atoms with E-state index in [4.69, 9.17) is 14.2 Å². The van der Waals surface area contributed by atoms with Crippen molar-refractivity contribution in [2.45, 2.75) is 64.0 Å². The number of allylic oxidation sites excluding steroid dienone is 1. The van der Waals surface area contributed by atoms with Gasteiger partial charge in [-0.25, -0.2) is 8.42 Å². The molecule has 0 bridgehead atoms. The van der Waals surface area contributed by atoms with E-state index in [0.717, 1.165) is 41.9 Å². The molecule has 0 heterocycles. The molecule has 0 unspecified atom stereocenters. The van der Waals surface area contributed by atoms with Crippen molar-refractivity contribution in [3.05, 3.63) is 71.3 Å². The molecule has 0 aromatic heterocycles. The van der Waals surface area contributed by atoms with Crippen molar-refractivity contribution >= 4 is 10.0 Å². The van der Waals surface area contributed by atoms with Crippen LogP contribution in [0.25, 0.3) is 0 Å². The fraction of sp³-hybridized carbons (Fsp3) is 0.562. The number of rotatable bonds is 14. The van der Waals surface area contributed by atoms with Gasteiger partial charge in [-0.1, -0.05) is 37.3 Å². The van der Waals surface area contributed by atoms with Crippen LogP contribution in [0.3, 0.4) is 0 Å².